The summed E-state index contributed by atoms with van der Waals surface area (Å²) in [5, 5.41) is 37.5. The number of rotatable bonds is 36. The van der Waals surface area contributed by atoms with Gasteiger partial charge in [0.05, 0.1) is 14.7 Å². The van der Waals surface area contributed by atoms with Gasteiger partial charge in [-0.05, 0) is 104 Å². The van der Waals surface area contributed by atoms with Crippen LogP contribution in [0.3, 0.4) is 0 Å². The van der Waals surface area contributed by atoms with Gasteiger partial charge in [-0.2, -0.15) is 0 Å². The van der Waals surface area contributed by atoms with Gasteiger partial charge in [-0.1, -0.05) is 75.4 Å². The standard InChI is InChI=1S/C40H39B2N4O4.C39H48N6O11S3/c1-3-31-5-13-43(14-6-31)27-33-21-34(24-39(23-33)42(48)49)28-45-17-9-37(10-18-45)38-11-19-46(20-12-38)30-36-22-35(25-40(26-36)50-41-47)29-44-15-7-32(4-2)8-16-44;1-23(2)37(47)40-15-8-18-43-57(50,51)32-21-31(56-26(7)46)27-11-12-29-33(58(52,53)44-19-9-16-41-38(48)24(3)4)22-34(30-14-13-28(32)35(27)36(29)30)59(54,55)45-20-10-17-42-39(49)25(5)6/h3-26,47-49H,1-2,27-30H2;11-14,21-22,43-45H,1,3,5,8-10,15-20H2,2,4,6-7H3,(H,40,47)(H,41,48)(H,42,49)/q+4;. The second-order valence-corrected chi connectivity index (χ2v) is 31.2. The molecule has 0 aliphatic carbocycles. The van der Waals surface area contributed by atoms with Gasteiger partial charge in [-0.15, -0.1) is 0 Å². The van der Waals surface area contributed by atoms with Crippen LogP contribution in [-0.2, 0) is 75.4 Å². The lowest BCUT2D eigenvalue weighted by Crippen LogP contribution is -2.37. The Labute approximate surface area is 635 Å². The average molecular weight is 1530 g/mol. The van der Waals surface area contributed by atoms with Gasteiger partial charge in [0.1, 0.15) is 11.5 Å². The minimum Gasteiger partial charge on any atom is -0.537 e. The zero-order valence-electron chi connectivity index (χ0n) is 61.0. The molecule has 4 aromatic heterocycles. The summed E-state index contributed by atoms with van der Waals surface area (Å²) in [7, 11) is -14.3. The molecule has 109 heavy (non-hydrogen) atoms. The number of amides is 3. The number of carbonyl (C=O) groups excluding carboxylic acids is 4. The Kier molecular flexibility index (Phi) is 28.1. The number of aromatic nitrogens is 4. The Hall–Kier alpha value is -10.9. The zero-order valence-corrected chi connectivity index (χ0v) is 63.4. The van der Waals surface area contributed by atoms with E-state index in [0.29, 0.717) is 45.1 Å². The summed E-state index contributed by atoms with van der Waals surface area (Å²) in [6.07, 6.45) is 20.4. The van der Waals surface area contributed by atoms with Crippen molar-refractivity contribution in [2.45, 2.75) is 87.8 Å². The van der Waals surface area contributed by atoms with Crippen LogP contribution in [0.4, 0.5) is 0 Å². The lowest BCUT2D eigenvalue weighted by atomic mass is 9.78. The van der Waals surface area contributed by atoms with Gasteiger partial charge in [-0.3, -0.25) is 19.2 Å². The predicted octanol–water partition coefficient (Wildman–Crippen LogP) is 5.16. The summed E-state index contributed by atoms with van der Waals surface area (Å²) < 4.78 is 111. The topological polar surface area (TPSA) is 338 Å². The molecule has 0 unspecified atom stereocenters. The van der Waals surface area contributed by atoms with E-state index in [-0.39, 0.29) is 118 Å². The van der Waals surface area contributed by atoms with E-state index >= 15 is 0 Å². The first-order valence-electron chi connectivity index (χ1n) is 34.7. The lowest BCUT2D eigenvalue weighted by molar-refractivity contribution is -0.689. The summed E-state index contributed by atoms with van der Waals surface area (Å²) in [6.45, 7) is 26.4. The molecular weight excluding hydrogens is 1450 g/mol. The van der Waals surface area contributed by atoms with Crippen molar-refractivity contribution in [3.63, 3.8) is 0 Å². The van der Waals surface area contributed by atoms with Gasteiger partial charge in [0.15, 0.2) is 75.8 Å². The monoisotopic (exact) mass is 1530 g/mol. The van der Waals surface area contributed by atoms with Crippen LogP contribution in [0.2, 0.25) is 0 Å². The lowest BCUT2D eigenvalue weighted by Gasteiger charge is -2.21. The van der Waals surface area contributed by atoms with Crippen molar-refractivity contribution in [1.82, 2.24) is 30.1 Å². The maximum absolute atomic E-state index is 14.1. The minimum absolute atomic E-state index is 0.0344. The smallest absolute Gasteiger partial charge is 0.537 e. The van der Waals surface area contributed by atoms with Crippen LogP contribution in [0, 0.1) is 0 Å². The van der Waals surface area contributed by atoms with E-state index in [2.05, 4.69) is 126 Å². The Morgan fingerprint density at radius 1 is 0.450 bits per heavy atom. The second-order valence-electron chi connectivity index (χ2n) is 26.0. The van der Waals surface area contributed by atoms with Crippen LogP contribution >= 0.6 is 0 Å². The molecule has 4 heterocycles. The Bertz CT molecular complexity index is 5360. The van der Waals surface area contributed by atoms with Gasteiger partial charge in [0.2, 0.25) is 47.8 Å². The molecule has 0 aliphatic rings. The van der Waals surface area contributed by atoms with E-state index in [0.717, 1.165) is 63.6 Å². The summed E-state index contributed by atoms with van der Waals surface area (Å²) >= 11 is 0. The first-order valence-corrected chi connectivity index (χ1v) is 39.1. The largest absolute Gasteiger partial charge is 0.569 e. The highest BCUT2D eigenvalue weighted by Gasteiger charge is 2.31. The van der Waals surface area contributed by atoms with Crippen LogP contribution in [0.15, 0.2) is 235 Å². The van der Waals surface area contributed by atoms with Gasteiger partial charge < -0.3 is 40.4 Å². The normalized spacial score (nSPS) is 11.5. The molecular formula is C79H87B2N10O15S3+4. The molecule has 0 fully saturated rings. The Morgan fingerprint density at radius 3 is 1.09 bits per heavy atom. The number of nitrogens with zero attached hydrogens (tertiary/aromatic N) is 4. The summed E-state index contributed by atoms with van der Waals surface area (Å²) in [4.78, 5) is 46.8. The van der Waals surface area contributed by atoms with E-state index < -0.39 is 70.7 Å². The maximum Gasteiger partial charge on any atom is 0.569 e. The van der Waals surface area contributed by atoms with Gasteiger partial charge >= 0.3 is 20.8 Å². The number of nitrogens with one attached hydrogen (secondary N) is 6. The third kappa shape index (κ3) is 22.1. The first kappa shape index (κ1) is 82.1. The molecule has 9 N–H and O–H groups in total. The minimum atomic E-state index is -4.51. The van der Waals surface area contributed by atoms with E-state index in [1.165, 1.54) is 45.0 Å². The molecule has 10 aromatic rings. The van der Waals surface area contributed by atoms with Crippen molar-refractivity contribution in [2.75, 3.05) is 39.3 Å². The number of hydrogen-bond donors (Lipinski definition) is 9. The fourth-order valence-corrected chi connectivity index (χ4v) is 15.9. The van der Waals surface area contributed by atoms with Gasteiger partial charge in [0, 0.05) is 172 Å². The molecule has 0 bridgehead atoms. The number of sulfonamides is 3. The van der Waals surface area contributed by atoms with E-state index in [4.69, 9.17) is 9.39 Å². The SMILES string of the molecule is C=C(C)C(=O)NCCCNS(=O)(=O)c1cc(OC(C)=O)c2ccc3c(S(=O)(=O)NCCCNC(=O)C(=C)C)cc(S(=O)(=O)NCCCNC(=O)C(=C)C)c4ccc1c2c34.C=Cc1cc[n+](Cc2cc(C[n+]3ccc(-c4cc[n+](Cc5cc(C[n+]6ccc(C=C)cc6)cc(B(O)O)c5)cc4)cc3)cc(O[B]O)c2)cc1. The van der Waals surface area contributed by atoms with Crippen molar-refractivity contribution in [2.24, 2.45) is 0 Å². The fraction of sp³-hybridized carbons (Fsp3) is 0.215. The quantitative estimate of drug-likeness (QED) is 0.00466. The Morgan fingerprint density at radius 2 is 0.771 bits per heavy atom. The molecule has 0 spiro atoms. The van der Waals surface area contributed by atoms with Gasteiger partial charge in [-0.25, -0.2) is 57.7 Å². The first-order chi connectivity index (χ1) is 51.9. The average Bonchev–Trinajstić information content (AvgIpc) is 0.703. The molecule has 0 aliphatic heterocycles. The van der Waals surface area contributed by atoms with E-state index in [1.54, 1.807) is 6.08 Å². The number of benzene rings is 6. The zero-order chi connectivity index (χ0) is 78.7. The molecule has 563 valence electrons. The third-order valence-corrected chi connectivity index (χ3v) is 21.8. The molecule has 6 aromatic carbocycles. The molecule has 0 atom stereocenters. The van der Waals surface area contributed by atoms with Crippen molar-refractivity contribution < 1.29 is 87.2 Å². The Balaban J connectivity index is 0.000000254. The highest BCUT2D eigenvalue weighted by Crippen LogP contribution is 2.45. The molecule has 0 saturated carbocycles. The van der Waals surface area contributed by atoms with Crippen LogP contribution < -0.4 is 63.2 Å². The molecule has 1 radical (unpaired) electrons. The van der Waals surface area contributed by atoms with Crippen molar-refractivity contribution in [3.8, 4) is 22.6 Å². The van der Waals surface area contributed by atoms with E-state index in [1.807, 2.05) is 96.4 Å². The van der Waals surface area contributed by atoms with Crippen LogP contribution in [0.5, 0.6) is 11.5 Å². The van der Waals surface area contributed by atoms with Crippen molar-refractivity contribution in [1.29, 1.82) is 0 Å². The fourth-order valence-electron chi connectivity index (χ4n) is 11.9. The summed E-state index contributed by atoms with van der Waals surface area (Å²) in [5.74, 6) is -1.60. The van der Waals surface area contributed by atoms with E-state index in [9.17, 15) is 59.5 Å². The summed E-state index contributed by atoms with van der Waals surface area (Å²) in [5.41, 5.74) is 9.63. The molecule has 0 saturated heterocycles. The third-order valence-electron chi connectivity index (χ3n) is 17.3. The number of ether oxygens (including phenoxy) is 1. The maximum atomic E-state index is 14.1. The molecule has 3 amide bonds. The van der Waals surface area contributed by atoms with Crippen LogP contribution in [0.25, 0.3) is 55.6 Å². The highest BCUT2D eigenvalue weighted by atomic mass is 32.2. The number of pyridine rings is 4. The van der Waals surface area contributed by atoms with Crippen LogP contribution in [-0.4, -0.2) is 118 Å². The second kappa shape index (κ2) is 37.3. The predicted molar refractivity (Wildman–Crippen MR) is 418 cm³/mol. The highest BCUT2D eigenvalue weighted by molar-refractivity contribution is 7.90. The summed E-state index contributed by atoms with van der Waals surface area (Å²) in [6, 6.07) is 36.0. The number of hydrogen-bond acceptors (Lipinski definition) is 15. The van der Waals surface area contributed by atoms with Crippen molar-refractivity contribution in [3.05, 3.63) is 254 Å². The molecule has 10 rings (SSSR count). The number of esters is 1. The van der Waals surface area contributed by atoms with Gasteiger partial charge in [0.25, 0.3) is 0 Å². The van der Waals surface area contributed by atoms with Crippen LogP contribution in [0.1, 0.15) is 80.3 Å². The van der Waals surface area contributed by atoms with Crippen molar-refractivity contribution >= 4 is 118 Å². The molecule has 25 nitrogen and oxygen atoms in total. The molecule has 30 heteroatoms. The number of carbonyl (C=O) groups is 4.